The molecule has 18 heavy (non-hydrogen) atoms. The Bertz CT molecular complexity index is 399. The second kappa shape index (κ2) is 5.89. The molecule has 0 radical (unpaired) electrons. The van der Waals surface area contributed by atoms with Crippen LogP contribution < -0.4 is 15.8 Å². The molecule has 0 bridgehead atoms. The Morgan fingerprint density at radius 1 is 1.22 bits per heavy atom. The van der Waals surface area contributed by atoms with Gasteiger partial charge in [0.15, 0.2) is 5.82 Å². The predicted octanol–water partition coefficient (Wildman–Crippen LogP) is 2.58. The van der Waals surface area contributed by atoms with E-state index in [4.69, 9.17) is 10.5 Å². The van der Waals surface area contributed by atoms with Crippen molar-refractivity contribution >= 4 is 11.5 Å². The monoisotopic (exact) mass is 252 g/mol. The second-order valence-corrected chi connectivity index (χ2v) is 5.24. The van der Waals surface area contributed by atoms with Crippen molar-refractivity contribution in [2.24, 2.45) is 0 Å². The smallest absolute Gasteiger partial charge is 0.242 e. The van der Waals surface area contributed by atoms with Crippen LogP contribution in [0.15, 0.2) is 0 Å². The van der Waals surface area contributed by atoms with E-state index >= 15 is 0 Å². The molecule has 0 atom stereocenters. The normalized spacial score (nSPS) is 11.4. The summed E-state index contributed by atoms with van der Waals surface area (Å²) in [5, 5.41) is 3.15. The Balaban J connectivity index is 3.18. The van der Waals surface area contributed by atoms with Crippen molar-refractivity contribution in [3.63, 3.8) is 0 Å². The van der Waals surface area contributed by atoms with Gasteiger partial charge in [0.05, 0.1) is 6.61 Å². The lowest BCUT2D eigenvalue weighted by Crippen LogP contribution is -2.19. The van der Waals surface area contributed by atoms with Crippen LogP contribution in [-0.2, 0) is 5.41 Å². The summed E-state index contributed by atoms with van der Waals surface area (Å²) < 4.78 is 5.59. The van der Waals surface area contributed by atoms with Crippen molar-refractivity contribution < 1.29 is 4.74 Å². The summed E-state index contributed by atoms with van der Waals surface area (Å²) in [5.74, 6) is 1.87. The molecule has 3 N–H and O–H groups in total. The molecule has 1 heterocycles. The third-order valence-electron chi connectivity index (χ3n) is 2.37. The maximum atomic E-state index is 6.01. The summed E-state index contributed by atoms with van der Waals surface area (Å²) in [6.07, 6.45) is 0.921. The molecule has 1 rings (SSSR count). The predicted molar refractivity (Wildman–Crippen MR) is 75.1 cm³/mol. The van der Waals surface area contributed by atoms with E-state index in [1.807, 2.05) is 13.8 Å². The van der Waals surface area contributed by atoms with Gasteiger partial charge in [0, 0.05) is 12.0 Å². The van der Waals surface area contributed by atoms with Crippen molar-refractivity contribution in [2.45, 2.75) is 46.5 Å². The fraction of sp³-hybridized carbons (Fsp3) is 0.692. The average Bonchev–Trinajstić information content (AvgIpc) is 2.29. The van der Waals surface area contributed by atoms with E-state index in [-0.39, 0.29) is 5.41 Å². The molecule has 0 amide bonds. The van der Waals surface area contributed by atoms with Crippen LogP contribution in [0.5, 0.6) is 5.88 Å². The zero-order valence-corrected chi connectivity index (χ0v) is 12.0. The molecule has 0 aromatic carbocycles. The SMILES string of the molecule is CCCOc1nc(C(C)(C)C)nc(NCC)c1N. The van der Waals surface area contributed by atoms with E-state index in [1.165, 1.54) is 0 Å². The number of rotatable bonds is 5. The van der Waals surface area contributed by atoms with Crippen LogP contribution in [-0.4, -0.2) is 23.1 Å². The van der Waals surface area contributed by atoms with E-state index in [1.54, 1.807) is 0 Å². The molecule has 0 fully saturated rings. The number of ether oxygens (including phenoxy) is 1. The van der Waals surface area contributed by atoms with E-state index in [0.717, 1.165) is 18.8 Å². The van der Waals surface area contributed by atoms with Gasteiger partial charge in [0.2, 0.25) is 5.88 Å². The van der Waals surface area contributed by atoms with Gasteiger partial charge in [-0.25, -0.2) is 4.98 Å². The van der Waals surface area contributed by atoms with Crippen molar-refractivity contribution in [3.8, 4) is 5.88 Å². The first-order valence-electron chi connectivity index (χ1n) is 6.44. The molecular weight excluding hydrogens is 228 g/mol. The number of nitrogens with one attached hydrogen (secondary N) is 1. The molecule has 0 saturated carbocycles. The standard InChI is InChI=1S/C13H24N4O/c1-6-8-18-11-9(14)10(15-7-2)16-12(17-11)13(3,4)5/h6-8,14H2,1-5H3,(H,15,16,17). The van der Waals surface area contributed by atoms with Gasteiger partial charge in [0.1, 0.15) is 11.5 Å². The van der Waals surface area contributed by atoms with Crippen LogP contribution in [0.3, 0.4) is 0 Å². The second-order valence-electron chi connectivity index (χ2n) is 5.24. The van der Waals surface area contributed by atoms with Crippen LogP contribution in [0.2, 0.25) is 0 Å². The molecule has 0 aliphatic heterocycles. The number of nitrogen functional groups attached to an aromatic ring is 1. The maximum absolute atomic E-state index is 6.01. The van der Waals surface area contributed by atoms with Crippen molar-refractivity contribution in [3.05, 3.63) is 5.82 Å². The van der Waals surface area contributed by atoms with Crippen molar-refractivity contribution in [2.75, 3.05) is 24.2 Å². The maximum Gasteiger partial charge on any atom is 0.242 e. The van der Waals surface area contributed by atoms with E-state index in [0.29, 0.717) is 24.0 Å². The quantitative estimate of drug-likeness (QED) is 0.842. The number of nitrogens with zero attached hydrogens (tertiary/aromatic N) is 2. The summed E-state index contributed by atoms with van der Waals surface area (Å²) in [6, 6.07) is 0. The summed E-state index contributed by atoms with van der Waals surface area (Å²) in [4.78, 5) is 8.90. The van der Waals surface area contributed by atoms with Gasteiger partial charge in [-0.1, -0.05) is 27.7 Å². The van der Waals surface area contributed by atoms with Crippen LogP contribution >= 0.6 is 0 Å². The highest BCUT2D eigenvalue weighted by atomic mass is 16.5. The highest BCUT2D eigenvalue weighted by Crippen LogP contribution is 2.30. The first-order chi connectivity index (χ1) is 8.40. The molecule has 1 aromatic heterocycles. The van der Waals surface area contributed by atoms with Crippen LogP contribution in [0.4, 0.5) is 11.5 Å². The Kier molecular flexibility index (Phi) is 4.76. The number of hydrogen-bond acceptors (Lipinski definition) is 5. The minimum Gasteiger partial charge on any atom is -0.476 e. The fourth-order valence-corrected chi connectivity index (χ4v) is 1.40. The van der Waals surface area contributed by atoms with Gasteiger partial charge in [-0.05, 0) is 13.3 Å². The Morgan fingerprint density at radius 3 is 2.39 bits per heavy atom. The van der Waals surface area contributed by atoms with E-state index in [9.17, 15) is 0 Å². The molecule has 0 unspecified atom stereocenters. The zero-order chi connectivity index (χ0) is 13.8. The molecule has 0 spiro atoms. The van der Waals surface area contributed by atoms with Gasteiger partial charge >= 0.3 is 0 Å². The Morgan fingerprint density at radius 2 is 1.89 bits per heavy atom. The molecule has 102 valence electrons. The Labute approximate surface area is 109 Å². The molecule has 1 aromatic rings. The summed E-state index contributed by atoms with van der Waals surface area (Å²) in [5.41, 5.74) is 6.36. The third kappa shape index (κ3) is 3.48. The van der Waals surface area contributed by atoms with Gasteiger partial charge in [-0.3, -0.25) is 0 Å². The lowest BCUT2D eigenvalue weighted by atomic mass is 9.96. The number of hydrogen-bond donors (Lipinski definition) is 2. The van der Waals surface area contributed by atoms with Crippen molar-refractivity contribution in [1.82, 2.24) is 9.97 Å². The highest BCUT2D eigenvalue weighted by molar-refractivity contribution is 5.67. The number of aromatic nitrogens is 2. The minimum absolute atomic E-state index is 0.137. The first kappa shape index (κ1) is 14.5. The fourth-order valence-electron chi connectivity index (χ4n) is 1.40. The largest absolute Gasteiger partial charge is 0.476 e. The zero-order valence-electron chi connectivity index (χ0n) is 12.0. The van der Waals surface area contributed by atoms with Gasteiger partial charge in [-0.2, -0.15) is 4.98 Å². The lowest BCUT2D eigenvalue weighted by molar-refractivity contribution is 0.303. The van der Waals surface area contributed by atoms with Crippen LogP contribution in [0.1, 0.15) is 46.9 Å². The van der Waals surface area contributed by atoms with Crippen LogP contribution in [0.25, 0.3) is 0 Å². The van der Waals surface area contributed by atoms with E-state index < -0.39 is 0 Å². The highest BCUT2D eigenvalue weighted by Gasteiger charge is 2.22. The number of anilines is 2. The average molecular weight is 252 g/mol. The van der Waals surface area contributed by atoms with Crippen molar-refractivity contribution in [1.29, 1.82) is 0 Å². The van der Waals surface area contributed by atoms with Gasteiger partial charge < -0.3 is 15.8 Å². The molecular formula is C13H24N4O. The molecule has 0 saturated heterocycles. The third-order valence-corrected chi connectivity index (χ3v) is 2.37. The topological polar surface area (TPSA) is 73.1 Å². The minimum atomic E-state index is -0.137. The van der Waals surface area contributed by atoms with Crippen LogP contribution in [0, 0.1) is 0 Å². The molecule has 5 heteroatoms. The molecule has 5 nitrogen and oxygen atoms in total. The first-order valence-corrected chi connectivity index (χ1v) is 6.44. The lowest BCUT2D eigenvalue weighted by Gasteiger charge is -2.20. The summed E-state index contributed by atoms with van der Waals surface area (Å²) in [6.45, 7) is 11.6. The number of nitrogens with two attached hydrogens (primary N) is 1. The summed E-state index contributed by atoms with van der Waals surface area (Å²) in [7, 11) is 0. The molecule has 0 aliphatic carbocycles. The molecule has 0 aliphatic rings. The van der Waals surface area contributed by atoms with Gasteiger partial charge in [-0.15, -0.1) is 0 Å². The Hall–Kier alpha value is -1.52. The summed E-state index contributed by atoms with van der Waals surface area (Å²) >= 11 is 0. The van der Waals surface area contributed by atoms with Gasteiger partial charge in [0.25, 0.3) is 0 Å². The van der Waals surface area contributed by atoms with E-state index in [2.05, 4.69) is 36.1 Å².